The van der Waals surface area contributed by atoms with Gasteiger partial charge >= 0.3 is 0 Å². The van der Waals surface area contributed by atoms with Crippen LogP contribution in [0.15, 0.2) is 42.6 Å². The van der Waals surface area contributed by atoms with Crippen LogP contribution in [0.3, 0.4) is 0 Å². The predicted octanol–water partition coefficient (Wildman–Crippen LogP) is 1.04. The maximum Gasteiger partial charge on any atom is 0.0641 e. The van der Waals surface area contributed by atoms with Crippen molar-refractivity contribution in [3.63, 3.8) is 0 Å². The van der Waals surface area contributed by atoms with E-state index in [9.17, 15) is 0 Å². The quantitative estimate of drug-likeness (QED) is 0.464. The minimum absolute atomic E-state index is 0.443. The van der Waals surface area contributed by atoms with E-state index in [4.69, 9.17) is 17.2 Å². The fraction of sp³-hybridized carbons (Fsp3) is 0. The van der Waals surface area contributed by atoms with Crippen LogP contribution in [-0.4, -0.2) is 0 Å². The van der Waals surface area contributed by atoms with E-state index in [1.807, 2.05) is 18.2 Å². The number of hydrogen-bond acceptors (Lipinski definition) is 3. The Kier molecular flexibility index (Phi) is 2.59. The second-order valence-corrected chi connectivity index (χ2v) is 2.66. The van der Waals surface area contributed by atoms with Gasteiger partial charge in [-0.2, -0.15) is 0 Å². The van der Waals surface area contributed by atoms with E-state index >= 15 is 0 Å². The standard InChI is InChI=1S/C10H13N3/c1-2-8(11)10(13)7-5-3-4-6-9(7)12/h2-6H,1,11-13H2/b10-8-. The summed E-state index contributed by atoms with van der Waals surface area (Å²) in [7, 11) is 0. The van der Waals surface area contributed by atoms with Crippen molar-refractivity contribution in [3.8, 4) is 0 Å². The topological polar surface area (TPSA) is 78.1 Å². The molecule has 1 aromatic rings. The smallest absolute Gasteiger partial charge is 0.0641 e. The predicted molar refractivity (Wildman–Crippen MR) is 56.3 cm³/mol. The molecular formula is C10H13N3. The molecule has 1 aromatic carbocycles. The monoisotopic (exact) mass is 175 g/mol. The van der Waals surface area contributed by atoms with Crippen LogP contribution in [0.2, 0.25) is 0 Å². The average molecular weight is 175 g/mol. The Bertz CT molecular complexity index is 353. The fourth-order valence-electron chi connectivity index (χ4n) is 1.01. The maximum absolute atomic E-state index is 5.75. The molecule has 0 heterocycles. The van der Waals surface area contributed by atoms with Crippen LogP contribution in [-0.2, 0) is 0 Å². The van der Waals surface area contributed by atoms with Crippen LogP contribution in [0, 0.1) is 0 Å². The summed E-state index contributed by atoms with van der Waals surface area (Å²) in [6.07, 6.45) is 1.50. The summed E-state index contributed by atoms with van der Waals surface area (Å²) in [6, 6.07) is 7.30. The third-order valence-corrected chi connectivity index (χ3v) is 1.78. The van der Waals surface area contributed by atoms with Crippen molar-refractivity contribution in [2.75, 3.05) is 5.73 Å². The Labute approximate surface area is 77.5 Å². The Balaban J connectivity index is 3.23. The summed E-state index contributed by atoms with van der Waals surface area (Å²) >= 11 is 0. The van der Waals surface area contributed by atoms with E-state index in [1.165, 1.54) is 6.08 Å². The molecule has 0 saturated carbocycles. The molecule has 6 N–H and O–H groups in total. The minimum atomic E-state index is 0.443. The zero-order chi connectivity index (χ0) is 9.84. The molecule has 0 bridgehead atoms. The molecule has 0 saturated heterocycles. The van der Waals surface area contributed by atoms with Crippen LogP contribution in [0.25, 0.3) is 5.70 Å². The lowest BCUT2D eigenvalue weighted by Crippen LogP contribution is -2.08. The van der Waals surface area contributed by atoms with Crippen LogP contribution in [0.4, 0.5) is 5.69 Å². The van der Waals surface area contributed by atoms with Crippen molar-refractivity contribution in [2.24, 2.45) is 11.5 Å². The molecule has 0 fully saturated rings. The molecule has 3 heteroatoms. The second kappa shape index (κ2) is 3.67. The van der Waals surface area contributed by atoms with Crippen molar-refractivity contribution in [1.82, 2.24) is 0 Å². The lowest BCUT2D eigenvalue weighted by Gasteiger charge is -2.06. The van der Waals surface area contributed by atoms with E-state index in [0.29, 0.717) is 17.1 Å². The molecule has 0 atom stereocenters. The molecule has 0 unspecified atom stereocenters. The molecule has 0 aliphatic heterocycles. The molecule has 0 radical (unpaired) electrons. The Morgan fingerprint density at radius 2 is 1.85 bits per heavy atom. The Morgan fingerprint density at radius 3 is 2.38 bits per heavy atom. The summed E-state index contributed by atoms with van der Waals surface area (Å²) < 4.78 is 0. The molecule has 13 heavy (non-hydrogen) atoms. The van der Waals surface area contributed by atoms with Crippen LogP contribution in [0.5, 0.6) is 0 Å². The maximum atomic E-state index is 5.75. The van der Waals surface area contributed by atoms with E-state index in [0.717, 1.165) is 5.56 Å². The lowest BCUT2D eigenvalue weighted by atomic mass is 10.1. The third kappa shape index (κ3) is 1.82. The van der Waals surface area contributed by atoms with Gasteiger partial charge in [0.1, 0.15) is 0 Å². The third-order valence-electron chi connectivity index (χ3n) is 1.78. The first kappa shape index (κ1) is 9.19. The average Bonchev–Trinajstić information content (AvgIpc) is 2.16. The van der Waals surface area contributed by atoms with Crippen molar-refractivity contribution < 1.29 is 0 Å². The van der Waals surface area contributed by atoms with E-state index in [2.05, 4.69) is 6.58 Å². The molecule has 3 nitrogen and oxygen atoms in total. The van der Waals surface area contributed by atoms with Crippen LogP contribution in [0.1, 0.15) is 5.56 Å². The Hall–Kier alpha value is -1.90. The molecule has 1 rings (SSSR count). The highest BCUT2D eigenvalue weighted by atomic mass is 14.7. The van der Waals surface area contributed by atoms with Gasteiger partial charge in [-0.1, -0.05) is 24.8 Å². The molecule has 0 spiro atoms. The zero-order valence-corrected chi connectivity index (χ0v) is 7.33. The van der Waals surface area contributed by atoms with Crippen molar-refractivity contribution in [1.29, 1.82) is 0 Å². The van der Waals surface area contributed by atoms with E-state index < -0.39 is 0 Å². The van der Waals surface area contributed by atoms with Crippen LogP contribution < -0.4 is 17.2 Å². The van der Waals surface area contributed by atoms with Gasteiger partial charge in [0.05, 0.1) is 11.4 Å². The highest BCUT2D eigenvalue weighted by Gasteiger charge is 2.02. The van der Waals surface area contributed by atoms with Gasteiger partial charge in [0.25, 0.3) is 0 Å². The molecule has 0 amide bonds. The van der Waals surface area contributed by atoms with Gasteiger partial charge in [-0.15, -0.1) is 0 Å². The summed E-state index contributed by atoms with van der Waals surface area (Å²) in [4.78, 5) is 0. The number of nitrogen functional groups attached to an aromatic ring is 1. The second-order valence-electron chi connectivity index (χ2n) is 2.66. The SMILES string of the molecule is C=C/C(N)=C(/N)c1ccccc1N. The molecule has 0 aromatic heterocycles. The molecular weight excluding hydrogens is 162 g/mol. The first-order valence-electron chi connectivity index (χ1n) is 3.89. The number of anilines is 1. The minimum Gasteiger partial charge on any atom is -0.398 e. The number of allylic oxidation sites excluding steroid dienone is 1. The molecule has 0 aliphatic carbocycles. The van der Waals surface area contributed by atoms with E-state index in [1.54, 1.807) is 6.07 Å². The number of hydrogen-bond donors (Lipinski definition) is 3. The summed E-state index contributed by atoms with van der Waals surface area (Å²) in [5.74, 6) is 0. The molecule has 0 aliphatic rings. The van der Waals surface area contributed by atoms with Gasteiger partial charge in [-0.3, -0.25) is 0 Å². The number of benzene rings is 1. The highest BCUT2D eigenvalue weighted by molar-refractivity contribution is 5.75. The number of nitrogens with two attached hydrogens (primary N) is 3. The van der Waals surface area contributed by atoms with Crippen molar-refractivity contribution in [3.05, 3.63) is 48.2 Å². The largest absolute Gasteiger partial charge is 0.398 e. The van der Waals surface area contributed by atoms with E-state index in [-0.39, 0.29) is 0 Å². The number of para-hydroxylation sites is 1. The number of rotatable bonds is 2. The van der Waals surface area contributed by atoms with Crippen molar-refractivity contribution >= 4 is 11.4 Å². The van der Waals surface area contributed by atoms with Gasteiger partial charge in [-0.05, 0) is 12.1 Å². The summed E-state index contributed by atoms with van der Waals surface area (Å²) in [5, 5.41) is 0. The van der Waals surface area contributed by atoms with Gasteiger partial charge in [0, 0.05) is 11.3 Å². The lowest BCUT2D eigenvalue weighted by molar-refractivity contribution is 1.37. The highest BCUT2D eigenvalue weighted by Crippen LogP contribution is 2.18. The molecule has 68 valence electrons. The van der Waals surface area contributed by atoms with Gasteiger partial charge in [-0.25, -0.2) is 0 Å². The van der Waals surface area contributed by atoms with Crippen molar-refractivity contribution in [2.45, 2.75) is 0 Å². The normalized spacial score (nSPS) is 12.0. The van der Waals surface area contributed by atoms with Gasteiger partial charge in [0.15, 0.2) is 0 Å². The van der Waals surface area contributed by atoms with Gasteiger partial charge in [0.2, 0.25) is 0 Å². The first-order valence-corrected chi connectivity index (χ1v) is 3.89. The van der Waals surface area contributed by atoms with Gasteiger partial charge < -0.3 is 17.2 Å². The first-order chi connectivity index (χ1) is 6.16. The summed E-state index contributed by atoms with van der Waals surface area (Å²) in [6.45, 7) is 3.53. The summed E-state index contributed by atoms with van der Waals surface area (Å²) in [5.41, 5.74) is 19.3. The van der Waals surface area contributed by atoms with Crippen LogP contribution >= 0.6 is 0 Å². The Morgan fingerprint density at radius 1 is 1.23 bits per heavy atom. The fourth-order valence-corrected chi connectivity index (χ4v) is 1.01. The zero-order valence-electron chi connectivity index (χ0n) is 7.33.